The second kappa shape index (κ2) is 9.86. The van der Waals surface area contributed by atoms with Gasteiger partial charge in [0.15, 0.2) is 0 Å². The molecule has 2 heteroatoms. The van der Waals surface area contributed by atoms with Gasteiger partial charge in [-0.3, -0.25) is 4.90 Å². The third-order valence-corrected chi connectivity index (χ3v) is 3.18. The number of rotatable bonds is 10. The summed E-state index contributed by atoms with van der Waals surface area (Å²) < 4.78 is 0. The highest BCUT2D eigenvalue weighted by molar-refractivity contribution is 4.91. The van der Waals surface area contributed by atoms with Crippen LogP contribution >= 0.6 is 0 Å². The van der Waals surface area contributed by atoms with Crippen molar-refractivity contribution in [1.82, 2.24) is 4.90 Å². The molecule has 0 aliphatic heterocycles. The first-order chi connectivity index (χ1) is 7.63. The first kappa shape index (κ1) is 15.7. The summed E-state index contributed by atoms with van der Waals surface area (Å²) >= 11 is 0. The van der Waals surface area contributed by atoms with Crippen LogP contribution in [-0.2, 0) is 0 Å². The number of hydrogen-bond acceptors (Lipinski definition) is 2. The maximum atomic E-state index is 5.61. The van der Waals surface area contributed by atoms with E-state index in [1.807, 2.05) is 0 Å². The zero-order valence-corrected chi connectivity index (χ0v) is 11.5. The molecule has 0 aliphatic rings. The summed E-state index contributed by atoms with van der Waals surface area (Å²) in [6.07, 6.45) is 5.06. The summed E-state index contributed by atoms with van der Waals surface area (Å²) in [6.45, 7) is 14.8. The maximum absolute atomic E-state index is 5.61. The highest BCUT2D eigenvalue weighted by atomic mass is 15.1. The van der Waals surface area contributed by atoms with Gasteiger partial charge in [-0.1, -0.05) is 32.4 Å². The summed E-state index contributed by atoms with van der Waals surface area (Å²) in [4.78, 5) is 2.47. The predicted octanol–water partition coefficient (Wildman–Crippen LogP) is 3.04. The molecule has 0 aromatic carbocycles. The van der Waals surface area contributed by atoms with Crippen molar-refractivity contribution in [3.63, 3.8) is 0 Å². The fourth-order valence-corrected chi connectivity index (χ4v) is 2.12. The Kier molecular flexibility index (Phi) is 9.65. The second-order valence-corrected chi connectivity index (χ2v) is 4.82. The van der Waals surface area contributed by atoms with Crippen LogP contribution in [0.1, 0.15) is 46.5 Å². The molecule has 0 aliphatic carbocycles. The van der Waals surface area contributed by atoms with Crippen LogP contribution in [0.4, 0.5) is 0 Å². The summed E-state index contributed by atoms with van der Waals surface area (Å²) in [7, 11) is 0. The van der Waals surface area contributed by atoms with E-state index in [-0.39, 0.29) is 0 Å². The molecule has 96 valence electrons. The number of hydrogen-bond donors (Lipinski definition) is 1. The molecule has 0 aromatic rings. The zero-order chi connectivity index (χ0) is 12.4. The molecule has 0 aromatic heterocycles. The highest BCUT2D eigenvalue weighted by Crippen LogP contribution is 2.14. The van der Waals surface area contributed by atoms with E-state index in [1.54, 1.807) is 0 Å². The van der Waals surface area contributed by atoms with Gasteiger partial charge in [0, 0.05) is 6.54 Å². The Morgan fingerprint density at radius 3 is 2.44 bits per heavy atom. The van der Waals surface area contributed by atoms with Gasteiger partial charge in [0.05, 0.1) is 0 Å². The quantitative estimate of drug-likeness (QED) is 0.580. The van der Waals surface area contributed by atoms with Crippen molar-refractivity contribution in [3.05, 3.63) is 12.2 Å². The average molecular weight is 226 g/mol. The van der Waals surface area contributed by atoms with Gasteiger partial charge < -0.3 is 5.73 Å². The van der Waals surface area contributed by atoms with Crippen molar-refractivity contribution in [3.8, 4) is 0 Å². The minimum atomic E-state index is 0.827. The normalized spacial score (nSPS) is 13.1. The number of likely N-dealkylation sites (N-methyl/N-ethyl adjacent to an activating group) is 1. The van der Waals surface area contributed by atoms with E-state index in [0.29, 0.717) is 0 Å². The molecule has 0 spiro atoms. The first-order valence-electron chi connectivity index (χ1n) is 6.70. The van der Waals surface area contributed by atoms with Crippen LogP contribution in [0.5, 0.6) is 0 Å². The third kappa shape index (κ3) is 7.89. The fourth-order valence-electron chi connectivity index (χ4n) is 2.12. The van der Waals surface area contributed by atoms with E-state index in [1.165, 1.54) is 37.8 Å². The van der Waals surface area contributed by atoms with Crippen LogP contribution < -0.4 is 5.73 Å². The fraction of sp³-hybridized carbons (Fsp3) is 0.857. The van der Waals surface area contributed by atoms with Gasteiger partial charge in [0.25, 0.3) is 0 Å². The van der Waals surface area contributed by atoms with Gasteiger partial charge in [0.2, 0.25) is 0 Å². The molecule has 0 heterocycles. The van der Waals surface area contributed by atoms with Gasteiger partial charge in [-0.15, -0.1) is 0 Å². The SMILES string of the molecule is C=C(C)CN(CC)CCCC(CC)CCN. The van der Waals surface area contributed by atoms with Crippen LogP contribution in [0.3, 0.4) is 0 Å². The Morgan fingerprint density at radius 1 is 1.31 bits per heavy atom. The van der Waals surface area contributed by atoms with E-state index < -0.39 is 0 Å². The maximum Gasteiger partial charge on any atom is 0.0187 e. The molecular formula is C14H30N2. The Bertz CT molecular complexity index is 178. The van der Waals surface area contributed by atoms with E-state index in [9.17, 15) is 0 Å². The molecule has 1 atom stereocenters. The van der Waals surface area contributed by atoms with E-state index >= 15 is 0 Å². The molecule has 0 saturated heterocycles. The minimum Gasteiger partial charge on any atom is -0.330 e. The van der Waals surface area contributed by atoms with Crippen molar-refractivity contribution in [1.29, 1.82) is 0 Å². The lowest BCUT2D eigenvalue weighted by Gasteiger charge is -2.21. The predicted molar refractivity (Wildman–Crippen MR) is 73.6 cm³/mol. The molecular weight excluding hydrogens is 196 g/mol. The summed E-state index contributed by atoms with van der Waals surface area (Å²) in [5.41, 5.74) is 6.87. The van der Waals surface area contributed by atoms with E-state index in [4.69, 9.17) is 5.73 Å². The van der Waals surface area contributed by atoms with Crippen molar-refractivity contribution < 1.29 is 0 Å². The number of nitrogens with two attached hydrogens (primary N) is 1. The van der Waals surface area contributed by atoms with Gasteiger partial charge in [0.1, 0.15) is 0 Å². The molecule has 0 fully saturated rings. The molecule has 1 unspecified atom stereocenters. The molecule has 0 amide bonds. The lowest BCUT2D eigenvalue weighted by molar-refractivity contribution is 0.289. The van der Waals surface area contributed by atoms with Crippen molar-refractivity contribution in [2.45, 2.75) is 46.5 Å². The molecule has 0 saturated carbocycles. The number of nitrogens with zero attached hydrogens (tertiary/aromatic N) is 1. The molecule has 2 nitrogen and oxygen atoms in total. The van der Waals surface area contributed by atoms with Crippen LogP contribution in [0, 0.1) is 5.92 Å². The monoisotopic (exact) mass is 226 g/mol. The highest BCUT2D eigenvalue weighted by Gasteiger charge is 2.07. The second-order valence-electron chi connectivity index (χ2n) is 4.82. The summed E-state index contributed by atoms with van der Waals surface area (Å²) in [5.74, 6) is 0.827. The van der Waals surface area contributed by atoms with Crippen molar-refractivity contribution in [2.24, 2.45) is 11.7 Å². The summed E-state index contributed by atoms with van der Waals surface area (Å²) in [5, 5.41) is 0. The smallest absolute Gasteiger partial charge is 0.0187 e. The van der Waals surface area contributed by atoms with Crippen LogP contribution in [0.2, 0.25) is 0 Å². The van der Waals surface area contributed by atoms with E-state index in [0.717, 1.165) is 25.6 Å². The third-order valence-electron chi connectivity index (χ3n) is 3.18. The minimum absolute atomic E-state index is 0.827. The molecule has 2 N–H and O–H groups in total. The van der Waals surface area contributed by atoms with E-state index in [2.05, 4.69) is 32.3 Å². The standard InChI is InChI=1S/C14H30N2/c1-5-14(9-10-15)8-7-11-16(6-2)12-13(3)4/h14H,3,5-12,15H2,1-2,4H3. The Morgan fingerprint density at radius 2 is 2.00 bits per heavy atom. The molecule has 0 bridgehead atoms. The van der Waals surface area contributed by atoms with Crippen LogP contribution in [0.15, 0.2) is 12.2 Å². The van der Waals surface area contributed by atoms with Gasteiger partial charge in [-0.05, 0) is 51.7 Å². The average Bonchev–Trinajstić information content (AvgIpc) is 2.25. The molecule has 0 rings (SSSR count). The summed E-state index contributed by atoms with van der Waals surface area (Å²) in [6, 6.07) is 0. The molecule has 16 heavy (non-hydrogen) atoms. The topological polar surface area (TPSA) is 29.3 Å². The van der Waals surface area contributed by atoms with Crippen molar-refractivity contribution >= 4 is 0 Å². The Balaban J connectivity index is 3.71. The molecule has 0 radical (unpaired) electrons. The lowest BCUT2D eigenvalue weighted by atomic mass is 9.96. The first-order valence-corrected chi connectivity index (χ1v) is 6.70. The van der Waals surface area contributed by atoms with Crippen LogP contribution in [-0.4, -0.2) is 31.1 Å². The largest absolute Gasteiger partial charge is 0.330 e. The van der Waals surface area contributed by atoms with Crippen molar-refractivity contribution in [2.75, 3.05) is 26.2 Å². The van der Waals surface area contributed by atoms with Crippen LogP contribution in [0.25, 0.3) is 0 Å². The van der Waals surface area contributed by atoms with Gasteiger partial charge >= 0.3 is 0 Å². The Hall–Kier alpha value is -0.340. The lowest BCUT2D eigenvalue weighted by Crippen LogP contribution is -2.26. The zero-order valence-electron chi connectivity index (χ0n) is 11.5. The van der Waals surface area contributed by atoms with Gasteiger partial charge in [-0.25, -0.2) is 0 Å². The van der Waals surface area contributed by atoms with Gasteiger partial charge in [-0.2, -0.15) is 0 Å². The Labute approximate surface area is 102 Å².